The SMILES string of the molecule is CC(=O)Nc1cccc2c1C(=O)[C@@]1(NC(C)=O)c3ccc(C(C)C)cc3O[C@@]21O. The largest absolute Gasteiger partial charge is 0.454 e. The van der Waals surface area contributed by atoms with Gasteiger partial charge in [-0.3, -0.25) is 14.4 Å². The number of anilines is 1. The van der Waals surface area contributed by atoms with Crippen LogP contribution in [0.15, 0.2) is 36.4 Å². The second-order valence-electron chi connectivity index (χ2n) is 7.83. The van der Waals surface area contributed by atoms with Gasteiger partial charge in [0.15, 0.2) is 0 Å². The zero-order valence-electron chi connectivity index (χ0n) is 16.6. The van der Waals surface area contributed by atoms with Gasteiger partial charge in [-0.2, -0.15) is 0 Å². The minimum Gasteiger partial charge on any atom is -0.454 e. The number of amides is 2. The predicted molar refractivity (Wildman–Crippen MR) is 106 cm³/mol. The third-order valence-electron chi connectivity index (χ3n) is 5.51. The zero-order valence-corrected chi connectivity index (χ0v) is 16.6. The maximum atomic E-state index is 13.7. The molecule has 2 aromatic carbocycles. The molecule has 1 heterocycles. The third-order valence-corrected chi connectivity index (χ3v) is 5.51. The summed E-state index contributed by atoms with van der Waals surface area (Å²) in [5.74, 6) is -2.95. The average molecular weight is 394 g/mol. The van der Waals surface area contributed by atoms with Crippen LogP contribution in [0.25, 0.3) is 0 Å². The van der Waals surface area contributed by atoms with E-state index in [2.05, 4.69) is 10.6 Å². The van der Waals surface area contributed by atoms with E-state index < -0.39 is 23.0 Å². The summed E-state index contributed by atoms with van der Waals surface area (Å²) in [7, 11) is 0. The number of carbonyl (C=O) groups is 3. The monoisotopic (exact) mass is 394 g/mol. The van der Waals surface area contributed by atoms with Crippen LogP contribution in [0.5, 0.6) is 5.75 Å². The Morgan fingerprint density at radius 3 is 2.41 bits per heavy atom. The zero-order chi connectivity index (χ0) is 21.1. The first-order valence-corrected chi connectivity index (χ1v) is 9.42. The summed E-state index contributed by atoms with van der Waals surface area (Å²) in [5, 5.41) is 17.0. The summed E-state index contributed by atoms with van der Waals surface area (Å²) in [6.45, 7) is 6.66. The summed E-state index contributed by atoms with van der Waals surface area (Å²) in [4.78, 5) is 37.5. The summed E-state index contributed by atoms with van der Waals surface area (Å²) in [6.07, 6.45) is 0. The smallest absolute Gasteiger partial charge is 0.271 e. The van der Waals surface area contributed by atoms with E-state index in [-0.39, 0.29) is 28.6 Å². The number of benzene rings is 2. The topological polar surface area (TPSA) is 105 Å². The normalized spacial score (nSPS) is 23.9. The van der Waals surface area contributed by atoms with Gasteiger partial charge in [-0.05, 0) is 23.6 Å². The first-order chi connectivity index (χ1) is 13.6. The Morgan fingerprint density at radius 1 is 1.07 bits per heavy atom. The molecule has 2 aromatic rings. The highest BCUT2D eigenvalue weighted by Crippen LogP contribution is 2.59. The molecule has 0 saturated carbocycles. The lowest BCUT2D eigenvalue weighted by Gasteiger charge is -2.34. The molecule has 3 N–H and O–H groups in total. The van der Waals surface area contributed by atoms with Gasteiger partial charge in [-0.25, -0.2) is 0 Å². The van der Waals surface area contributed by atoms with Gasteiger partial charge in [0.25, 0.3) is 5.79 Å². The van der Waals surface area contributed by atoms with Gasteiger partial charge in [-0.1, -0.05) is 38.1 Å². The molecule has 2 atom stereocenters. The molecular weight excluding hydrogens is 372 g/mol. The fourth-order valence-corrected chi connectivity index (χ4v) is 4.28. The van der Waals surface area contributed by atoms with Crippen molar-refractivity contribution < 1.29 is 24.2 Å². The second kappa shape index (κ2) is 6.15. The van der Waals surface area contributed by atoms with E-state index in [0.717, 1.165) is 5.56 Å². The van der Waals surface area contributed by atoms with E-state index in [0.29, 0.717) is 11.3 Å². The van der Waals surface area contributed by atoms with Gasteiger partial charge in [0, 0.05) is 25.0 Å². The van der Waals surface area contributed by atoms with Crippen molar-refractivity contribution in [3.05, 3.63) is 58.7 Å². The molecule has 0 radical (unpaired) electrons. The molecule has 0 spiro atoms. The van der Waals surface area contributed by atoms with E-state index in [4.69, 9.17) is 4.74 Å². The van der Waals surface area contributed by atoms with Gasteiger partial charge in [-0.15, -0.1) is 0 Å². The Hall–Kier alpha value is -3.19. The number of hydrogen-bond donors (Lipinski definition) is 3. The lowest BCUT2D eigenvalue weighted by atomic mass is 9.82. The van der Waals surface area contributed by atoms with E-state index in [1.54, 1.807) is 30.3 Å². The highest BCUT2D eigenvalue weighted by atomic mass is 16.6. The van der Waals surface area contributed by atoms with Crippen LogP contribution in [0.1, 0.15) is 60.7 Å². The number of fused-ring (bicyclic) bond motifs is 5. The molecule has 1 aliphatic carbocycles. The lowest BCUT2D eigenvalue weighted by molar-refractivity contribution is -0.175. The summed E-state index contributed by atoms with van der Waals surface area (Å²) >= 11 is 0. The van der Waals surface area contributed by atoms with Gasteiger partial charge >= 0.3 is 0 Å². The Morgan fingerprint density at radius 2 is 1.79 bits per heavy atom. The molecule has 7 nitrogen and oxygen atoms in total. The van der Waals surface area contributed by atoms with Crippen LogP contribution in [-0.4, -0.2) is 22.7 Å². The fraction of sp³-hybridized carbons (Fsp3) is 0.318. The van der Waals surface area contributed by atoms with Crippen molar-refractivity contribution in [3.63, 3.8) is 0 Å². The lowest BCUT2D eigenvalue weighted by Crippen LogP contribution is -2.59. The molecule has 7 heteroatoms. The van der Waals surface area contributed by atoms with E-state index >= 15 is 0 Å². The average Bonchev–Trinajstić information content (AvgIpc) is 2.98. The Balaban J connectivity index is 1.99. The number of rotatable bonds is 3. The van der Waals surface area contributed by atoms with Crippen molar-refractivity contribution in [1.82, 2.24) is 5.32 Å². The van der Waals surface area contributed by atoms with Crippen molar-refractivity contribution >= 4 is 23.3 Å². The molecule has 2 aliphatic rings. The Labute approximate surface area is 168 Å². The standard InChI is InChI=1S/C22H22N2O5/c1-11(2)14-8-9-15-18(10-14)29-22(28)16-6-5-7-17(23-12(3)25)19(16)20(27)21(15,22)24-13(4)26/h5-11,28H,1-4H3,(H,23,25)(H,24,26)/t21-,22-/m0/s1. The van der Waals surface area contributed by atoms with Gasteiger partial charge in [0.2, 0.25) is 23.1 Å². The van der Waals surface area contributed by atoms with Crippen LogP contribution in [0.2, 0.25) is 0 Å². The van der Waals surface area contributed by atoms with Crippen molar-refractivity contribution in [2.75, 3.05) is 5.32 Å². The number of nitrogens with one attached hydrogen (secondary N) is 2. The van der Waals surface area contributed by atoms with Crippen molar-refractivity contribution in [1.29, 1.82) is 0 Å². The molecule has 4 rings (SSSR count). The third kappa shape index (κ3) is 2.43. The molecule has 0 aromatic heterocycles. The molecule has 29 heavy (non-hydrogen) atoms. The van der Waals surface area contributed by atoms with Gasteiger partial charge < -0.3 is 20.5 Å². The molecule has 1 aliphatic heterocycles. The molecule has 0 unspecified atom stereocenters. The van der Waals surface area contributed by atoms with Crippen LogP contribution >= 0.6 is 0 Å². The highest BCUT2D eigenvalue weighted by molar-refractivity contribution is 6.16. The number of carbonyl (C=O) groups excluding carboxylic acids is 3. The van der Waals surface area contributed by atoms with Crippen LogP contribution in [-0.2, 0) is 20.9 Å². The minimum absolute atomic E-state index is 0.123. The minimum atomic E-state index is -2.13. The van der Waals surface area contributed by atoms with Crippen molar-refractivity contribution in [2.45, 2.75) is 44.9 Å². The number of aliphatic hydroxyl groups is 1. The van der Waals surface area contributed by atoms with Crippen LogP contribution in [0, 0.1) is 0 Å². The molecular formula is C22H22N2O5. The summed E-state index contributed by atoms with van der Waals surface area (Å²) in [5.41, 5.74) is 0.110. The molecule has 0 fully saturated rings. The molecule has 150 valence electrons. The Kier molecular flexibility index (Phi) is 4.06. The van der Waals surface area contributed by atoms with E-state index in [9.17, 15) is 19.5 Å². The van der Waals surface area contributed by atoms with E-state index in [1.165, 1.54) is 13.8 Å². The van der Waals surface area contributed by atoms with Gasteiger partial charge in [0.05, 0.1) is 11.3 Å². The maximum Gasteiger partial charge on any atom is 0.271 e. The number of hydrogen-bond acceptors (Lipinski definition) is 5. The summed E-state index contributed by atoms with van der Waals surface area (Å²) in [6, 6.07) is 10.1. The summed E-state index contributed by atoms with van der Waals surface area (Å²) < 4.78 is 5.98. The molecule has 2 amide bonds. The molecule has 0 bridgehead atoms. The van der Waals surface area contributed by atoms with Crippen molar-refractivity contribution in [3.8, 4) is 5.75 Å². The number of Topliss-reactive ketones (excluding diaryl/α,β-unsaturated/α-hetero) is 1. The second-order valence-corrected chi connectivity index (χ2v) is 7.83. The van der Waals surface area contributed by atoms with Crippen LogP contribution < -0.4 is 15.4 Å². The van der Waals surface area contributed by atoms with Gasteiger partial charge in [0.1, 0.15) is 5.75 Å². The fourth-order valence-electron chi connectivity index (χ4n) is 4.28. The van der Waals surface area contributed by atoms with Crippen LogP contribution in [0.4, 0.5) is 5.69 Å². The first kappa shape index (κ1) is 19.1. The Bertz CT molecular complexity index is 1080. The highest BCUT2D eigenvalue weighted by Gasteiger charge is 2.72. The molecule has 0 saturated heterocycles. The van der Waals surface area contributed by atoms with E-state index in [1.807, 2.05) is 19.9 Å². The quantitative estimate of drug-likeness (QED) is 0.742. The van der Waals surface area contributed by atoms with Crippen molar-refractivity contribution in [2.24, 2.45) is 0 Å². The maximum absolute atomic E-state index is 13.7. The first-order valence-electron chi connectivity index (χ1n) is 9.42. The number of ether oxygens (including phenoxy) is 1. The number of ketones is 1. The van der Waals surface area contributed by atoms with Crippen LogP contribution in [0.3, 0.4) is 0 Å². The predicted octanol–water partition coefficient (Wildman–Crippen LogP) is 2.53.